The zero-order valence-electron chi connectivity index (χ0n) is 16.3. The van der Waals surface area contributed by atoms with Crippen LogP contribution in [0.1, 0.15) is 56.3 Å². The quantitative estimate of drug-likeness (QED) is 0.675. The van der Waals surface area contributed by atoms with E-state index in [1.807, 2.05) is 11.8 Å². The molecular weight excluding hydrogens is 344 g/mol. The number of benzene rings is 1. The third-order valence-electron chi connectivity index (χ3n) is 4.74. The van der Waals surface area contributed by atoms with Gasteiger partial charge in [0.25, 0.3) is 0 Å². The molecule has 2 amide bonds. The molecule has 1 atom stereocenters. The maximum absolute atomic E-state index is 12.2. The molecule has 148 valence electrons. The van der Waals surface area contributed by atoms with E-state index in [1.165, 1.54) is 6.42 Å². The number of nitrogens with one attached hydrogen (secondary N) is 1. The van der Waals surface area contributed by atoms with Crippen molar-refractivity contribution in [2.75, 3.05) is 26.2 Å². The molecule has 0 aromatic heterocycles. The van der Waals surface area contributed by atoms with Gasteiger partial charge in [-0.05, 0) is 49.9 Å². The first kappa shape index (κ1) is 20.9. The molecule has 1 aromatic rings. The Balaban J connectivity index is 1.65. The largest absolute Gasteiger partial charge is 0.494 e. The number of Topliss-reactive ketones (excluding diaryl/α,β-unsaturated/α-hetero) is 1. The molecule has 1 N–H and O–H groups in total. The fourth-order valence-electron chi connectivity index (χ4n) is 3.25. The van der Waals surface area contributed by atoms with Gasteiger partial charge in [-0.25, -0.2) is 0 Å². The molecule has 0 radical (unpaired) electrons. The van der Waals surface area contributed by atoms with Crippen molar-refractivity contribution >= 4 is 17.6 Å². The molecule has 0 aliphatic carbocycles. The summed E-state index contributed by atoms with van der Waals surface area (Å²) in [6.07, 6.45) is 2.81. The monoisotopic (exact) mass is 374 g/mol. The Labute approximate surface area is 161 Å². The first-order chi connectivity index (χ1) is 13.0. The Morgan fingerprint density at radius 3 is 2.56 bits per heavy atom. The predicted molar refractivity (Wildman–Crippen MR) is 104 cm³/mol. The SMILES string of the molecule is CCOc1ccc(C(=O)CCC(=O)NCCC(=O)N2CCCC(C)C2)cc1. The molecule has 1 aromatic carbocycles. The first-order valence-electron chi connectivity index (χ1n) is 9.80. The van der Waals surface area contributed by atoms with Crippen LogP contribution in [0.4, 0.5) is 0 Å². The number of carbonyl (C=O) groups is 3. The summed E-state index contributed by atoms with van der Waals surface area (Å²) < 4.78 is 5.35. The number of ketones is 1. The van der Waals surface area contributed by atoms with Gasteiger partial charge >= 0.3 is 0 Å². The highest BCUT2D eigenvalue weighted by atomic mass is 16.5. The highest BCUT2D eigenvalue weighted by Gasteiger charge is 2.20. The predicted octanol–water partition coefficient (Wildman–Crippen LogP) is 2.81. The van der Waals surface area contributed by atoms with E-state index < -0.39 is 0 Å². The van der Waals surface area contributed by atoms with Gasteiger partial charge in [-0.15, -0.1) is 0 Å². The van der Waals surface area contributed by atoms with E-state index in [9.17, 15) is 14.4 Å². The van der Waals surface area contributed by atoms with Crippen LogP contribution in [0.5, 0.6) is 5.75 Å². The van der Waals surface area contributed by atoms with E-state index in [2.05, 4.69) is 12.2 Å². The lowest BCUT2D eigenvalue weighted by molar-refractivity contribution is -0.132. The van der Waals surface area contributed by atoms with Crippen LogP contribution >= 0.6 is 0 Å². The highest BCUT2D eigenvalue weighted by Crippen LogP contribution is 2.16. The van der Waals surface area contributed by atoms with Crippen molar-refractivity contribution in [3.63, 3.8) is 0 Å². The molecule has 0 bridgehead atoms. The average molecular weight is 374 g/mol. The molecule has 0 spiro atoms. The second-order valence-corrected chi connectivity index (χ2v) is 7.07. The summed E-state index contributed by atoms with van der Waals surface area (Å²) in [6, 6.07) is 6.93. The van der Waals surface area contributed by atoms with Crippen molar-refractivity contribution in [2.24, 2.45) is 5.92 Å². The van der Waals surface area contributed by atoms with Crippen LogP contribution in [-0.2, 0) is 9.59 Å². The maximum Gasteiger partial charge on any atom is 0.224 e. The standard InChI is InChI=1S/C21H30N2O4/c1-3-27-18-8-6-17(7-9-18)19(24)10-11-20(25)22-13-12-21(26)23-14-4-5-16(2)15-23/h6-9,16H,3-5,10-15H2,1-2H3,(H,22,25). The second-order valence-electron chi connectivity index (χ2n) is 7.07. The van der Waals surface area contributed by atoms with Gasteiger partial charge in [0, 0.05) is 44.5 Å². The lowest BCUT2D eigenvalue weighted by Gasteiger charge is -2.31. The van der Waals surface area contributed by atoms with Crippen LogP contribution in [0.2, 0.25) is 0 Å². The molecule has 1 unspecified atom stereocenters. The third-order valence-corrected chi connectivity index (χ3v) is 4.74. The maximum atomic E-state index is 12.2. The normalized spacial score (nSPS) is 16.7. The minimum absolute atomic E-state index is 0.0772. The summed E-state index contributed by atoms with van der Waals surface area (Å²) in [7, 11) is 0. The molecule has 1 saturated heterocycles. The fourth-order valence-corrected chi connectivity index (χ4v) is 3.25. The smallest absolute Gasteiger partial charge is 0.224 e. The zero-order valence-corrected chi connectivity index (χ0v) is 16.3. The number of hydrogen-bond acceptors (Lipinski definition) is 4. The lowest BCUT2D eigenvalue weighted by atomic mass is 10.00. The van der Waals surface area contributed by atoms with Gasteiger partial charge in [-0.1, -0.05) is 6.92 Å². The van der Waals surface area contributed by atoms with Gasteiger partial charge in [-0.2, -0.15) is 0 Å². The zero-order chi connectivity index (χ0) is 19.6. The van der Waals surface area contributed by atoms with Crippen LogP contribution in [0.3, 0.4) is 0 Å². The van der Waals surface area contributed by atoms with Gasteiger partial charge in [-0.3, -0.25) is 14.4 Å². The van der Waals surface area contributed by atoms with Crippen molar-refractivity contribution in [3.8, 4) is 5.75 Å². The lowest BCUT2D eigenvalue weighted by Crippen LogP contribution is -2.40. The Bertz CT molecular complexity index is 642. The van der Waals surface area contributed by atoms with Crippen LogP contribution < -0.4 is 10.1 Å². The van der Waals surface area contributed by atoms with E-state index in [1.54, 1.807) is 24.3 Å². The minimum Gasteiger partial charge on any atom is -0.494 e. The number of rotatable bonds is 9. The highest BCUT2D eigenvalue weighted by molar-refractivity contribution is 5.98. The Morgan fingerprint density at radius 2 is 1.89 bits per heavy atom. The van der Waals surface area contributed by atoms with Gasteiger partial charge < -0.3 is 15.0 Å². The number of piperidine rings is 1. The second kappa shape index (κ2) is 10.7. The van der Waals surface area contributed by atoms with Crippen molar-refractivity contribution in [3.05, 3.63) is 29.8 Å². The van der Waals surface area contributed by atoms with Crippen molar-refractivity contribution in [1.29, 1.82) is 0 Å². The van der Waals surface area contributed by atoms with Crippen molar-refractivity contribution < 1.29 is 19.1 Å². The van der Waals surface area contributed by atoms with E-state index in [-0.39, 0.29) is 30.4 Å². The van der Waals surface area contributed by atoms with Gasteiger partial charge in [0.1, 0.15) is 5.75 Å². The average Bonchev–Trinajstić information content (AvgIpc) is 2.67. The first-order valence-corrected chi connectivity index (χ1v) is 9.80. The summed E-state index contributed by atoms with van der Waals surface area (Å²) in [5, 5.41) is 2.74. The third kappa shape index (κ3) is 7.04. The van der Waals surface area contributed by atoms with Crippen LogP contribution in [0.25, 0.3) is 0 Å². The van der Waals surface area contributed by atoms with Crippen LogP contribution in [0, 0.1) is 5.92 Å². The van der Waals surface area contributed by atoms with Gasteiger partial charge in [0.05, 0.1) is 6.61 Å². The van der Waals surface area contributed by atoms with E-state index in [0.29, 0.717) is 31.1 Å². The number of amides is 2. The molecule has 6 heteroatoms. The molecule has 6 nitrogen and oxygen atoms in total. The minimum atomic E-state index is -0.200. The molecule has 2 rings (SSSR count). The van der Waals surface area contributed by atoms with Crippen molar-refractivity contribution in [2.45, 2.75) is 46.0 Å². The van der Waals surface area contributed by atoms with E-state index in [4.69, 9.17) is 4.74 Å². The van der Waals surface area contributed by atoms with Gasteiger partial charge in [0.15, 0.2) is 5.78 Å². The summed E-state index contributed by atoms with van der Waals surface area (Å²) in [5.41, 5.74) is 0.570. The van der Waals surface area contributed by atoms with Crippen molar-refractivity contribution in [1.82, 2.24) is 10.2 Å². The van der Waals surface area contributed by atoms with Crippen LogP contribution in [-0.4, -0.2) is 48.7 Å². The molecule has 1 aliphatic rings. The molecule has 0 saturated carbocycles. The fraction of sp³-hybridized carbons (Fsp3) is 0.571. The Hall–Kier alpha value is -2.37. The van der Waals surface area contributed by atoms with Crippen LogP contribution in [0.15, 0.2) is 24.3 Å². The molecule has 1 aliphatic heterocycles. The van der Waals surface area contributed by atoms with E-state index >= 15 is 0 Å². The number of carbonyl (C=O) groups excluding carboxylic acids is 3. The summed E-state index contributed by atoms with van der Waals surface area (Å²) in [4.78, 5) is 38.1. The van der Waals surface area contributed by atoms with E-state index in [0.717, 1.165) is 25.3 Å². The number of likely N-dealkylation sites (tertiary alicyclic amines) is 1. The number of ether oxygens (including phenoxy) is 1. The Morgan fingerprint density at radius 1 is 1.15 bits per heavy atom. The summed E-state index contributed by atoms with van der Waals surface area (Å²) in [5.74, 6) is 1.08. The molecular formula is C21H30N2O4. The number of hydrogen-bond donors (Lipinski definition) is 1. The van der Waals surface area contributed by atoms with Gasteiger partial charge in [0.2, 0.25) is 11.8 Å². The molecule has 27 heavy (non-hydrogen) atoms. The summed E-state index contributed by atoms with van der Waals surface area (Å²) >= 11 is 0. The molecule has 1 fully saturated rings. The Kier molecular flexibility index (Phi) is 8.30. The number of nitrogens with zero attached hydrogens (tertiary/aromatic N) is 1. The topological polar surface area (TPSA) is 75.7 Å². The summed E-state index contributed by atoms with van der Waals surface area (Å²) in [6.45, 7) is 6.57. The molecule has 1 heterocycles.